The van der Waals surface area contributed by atoms with Gasteiger partial charge >= 0.3 is 6.47 Å². The van der Waals surface area contributed by atoms with Crippen LogP contribution < -0.4 is 5.48 Å². The summed E-state index contributed by atoms with van der Waals surface area (Å²) in [5, 5.41) is 0. The summed E-state index contributed by atoms with van der Waals surface area (Å²) < 4.78 is 0. The first-order valence-electron chi connectivity index (χ1n) is 4.40. The maximum atomic E-state index is 11.5. The Morgan fingerprint density at radius 2 is 2.15 bits per heavy atom. The average molecular weight is 187 g/mol. The highest BCUT2D eigenvalue weighted by atomic mass is 16.7. The molecule has 0 atom stereocenters. The van der Waals surface area contributed by atoms with E-state index in [1.807, 2.05) is 20.8 Å². The molecule has 0 aromatic heterocycles. The first kappa shape index (κ1) is 12.1. The highest BCUT2D eigenvalue weighted by Gasteiger charge is 2.24. The Bertz CT molecular complexity index is 178. The molecule has 76 valence electrons. The van der Waals surface area contributed by atoms with Crippen molar-refractivity contribution in [1.82, 2.24) is 5.48 Å². The third kappa shape index (κ3) is 4.62. The SMILES string of the molecule is CCC(C)(C)C(=O)CCNOC=O. The molecule has 0 unspecified atom stereocenters. The van der Waals surface area contributed by atoms with Gasteiger partial charge in [0.15, 0.2) is 0 Å². The number of Topliss-reactive ketones (excluding diaryl/α,β-unsaturated/α-hetero) is 1. The molecule has 0 bridgehead atoms. The van der Waals surface area contributed by atoms with Crippen molar-refractivity contribution in [3.8, 4) is 0 Å². The van der Waals surface area contributed by atoms with E-state index in [4.69, 9.17) is 0 Å². The molecule has 1 N–H and O–H groups in total. The number of hydrogen-bond donors (Lipinski definition) is 1. The molecule has 0 aromatic rings. The summed E-state index contributed by atoms with van der Waals surface area (Å²) in [5.74, 6) is 0.178. The van der Waals surface area contributed by atoms with Crippen molar-refractivity contribution in [2.45, 2.75) is 33.6 Å². The predicted octanol–water partition coefficient (Wildman–Crippen LogP) is 1.06. The number of hydrogen-bond acceptors (Lipinski definition) is 4. The molecule has 4 nitrogen and oxygen atoms in total. The van der Waals surface area contributed by atoms with Gasteiger partial charge in [0.2, 0.25) is 0 Å². The fourth-order valence-corrected chi connectivity index (χ4v) is 0.793. The Labute approximate surface area is 78.6 Å². The van der Waals surface area contributed by atoms with Crippen LogP contribution in [0.1, 0.15) is 33.6 Å². The summed E-state index contributed by atoms with van der Waals surface area (Å²) in [6.07, 6.45) is 1.20. The van der Waals surface area contributed by atoms with Gasteiger partial charge in [-0.2, -0.15) is 5.48 Å². The van der Waals surface area contributed by atoms with Crippen molar-refractivity contribution in [2.24, 2.45) is 5.41 Å². The van der Waals surface area contributed by atoms with Crippen molar-refractivity contribution in [3.05, 3.63) is 0 Å². The van der Waals surface area contributed by atoms with Gasteiger partial charge in [-0.3, -0.25) is 9.59 Å². The van der Waals surface area contributed by atoms with E-state index < -0.39 is 0 Å². The van der Waals surface area contributed by atoms with Crippen molar-refractivity contribution < 1.29 is 14.4 Å². The molecule has 0 saturated carbocycles. The molecular formula is C9H17NO3. The monoisotopic (exact) mass is 187 g/mol. The predicted molar refractivity (Wildman–Crippen MR) is 48.8 cm³/mol. The number of hydroxylamine groups is 1. The second-order valence-corrected chi connectivity index (χ2v) is 3.52. The summed E-state index contributed by atoms with van der Waals surface area (Å²) in [4.78, 5) is 25.5. The standard InChI is InChI=1S/C9H17NO3/c1-4-9(2,3)8(12)5-6-10-13-7-11/h7,10H,4-6H2,1-3H3. The lowest BCUT2D eigenvalue weighted by Crippen LogP contribution is -2.27. The van der Waals surface area contributed by atoms with Gasteiger partial charge in [0.25, 0.3) is 0 Å². The van der Waals surface area contributed by atoms with E-state index in [1.165, 1.54) is 0 Å². The number of carbonyl (C=O) groups is 2. The fraction of sp³-hybridized carbons (Fsp3) is 0.778. The topological polar surface area (TPSA) is 55.4 Å². The molecule has 0 aliphatic heterocycles. The molecule has 0 aliphatic carbocycles. The molecule has 0 radical (unpaired) electrons. The van der Waals surface area contributed by atoms with Gasteiger partial charge in [0.05, 0.1) is 0 Å². The first-order chi connectivity index (χ1) is 6.04. The summed E-state index contributed by atoms with van der Waals surface area (Å²) >= 11 is 0. The summed E-state index contributed by atoms with van der Waals surface area (Å²) in [7, 11) is 0. The van der Waals surface area contributed by atoms with Gasteiger partial charge in [0, 0.05) is 18.4 Å². The molecule has 0 heterocycles. The van der Waals surface area contributed by atoms with Crippen molar-refractivity contribution >= 4 is 12.3 Å². The van der Waals surface area contributed by atoms with E-state index in [2.05, 4.69) is 10.3 Å². The van der Waals surface area contributed by atoms with Crippen molar-refractivity contribution in [3.63, 3.8) is 0 Å². The normalized spacial score (nSPS) is 11.0. The zero-order chi connectivity index (χ0) is 10.3. The molecule has 0 amide bonds. The van der Waals surface area contributed by atoms with Crippen LogP contribution in [0.3, 0.4) is 0 Å². The molecule has 0 aromatic carbocycles. The number of rotatable bonds is 7. The Morgan fingerprint density at radius 1 is 1.54 bits per heavy atom. The van der Waals surface area contributed by atoms with Gasteiger partial charge in [-0.25, -0.2) is 0 Å². The van der Waals surface area contributed by atoms with Crippen molar-refractivity contribution in [1.29, 1.82) is 0 Å². The molecule has 0 fully saturated rings. The maximum absolute atomic E-state index is 11.5. The molecule has 0 spiro atoms. The van der Waals surface area contributed by atoms with Crippen molar-refractivity contribution in [2.75, 3.05) is 6.54 Å². The van der Waals surface area contributed by atoms with E-state index in [0.29, 0.717) is 19.4 Å². The lowest BCUT2D eigenvalue weighted by Gasteiger charge is -2.20. The number of ketones is 1. The van der Waals surface area contributed by atoms with E-state index in [9.17, 15) is 9.59 Å². The van der Waals surface area contributed by atoms with Crippen LogP contribution in [0.4, 0.5) is 0 Å². The number of carbonyl (C=O) groups excluding carboxylic acids is 2. The van der Waals surface area contributed by atoms with E-state index >= 15 is 0 Å². The minimum Gasteiger partial charge on any atom is -0.374 e. The van der Waals surface area contributed by atoms with Crippen LogP contribution in [-0.2, 0) is 14.4 Å². The largest absolute Gasteiger partial charge is 0.374 e. The minimum absolute atomic E-state index is 0.178. The van der Waals surface area contributed by atoms with Crippen LogP contribution in [0.25, 0.3) is 0 Å². The Balaban J connectivity index is 3.68. The highest BCUT2D eigenvalue weighted by molar-refractivity contribution is 5.84. The lowest BCUT2D eigenvalue weighted by atomic mass is 9.84. The van der Waals surface area contributed by atoms with Gasteiger partial charge in [-0.1, -0.05) is 20.8 Å². The maximum Gasteiger partial charge on any atom is 0.312 e. The van der Waals surface area contributed by atoms with Gasteiger partial charge < -0.3 is 4.84 Å². The average Bonchev–Trinajstić information content (AvgIpc) is 2.12. The minimum atomic E-state index is -0.275. The fourth-order valence-electron chi connectivity index (χ4n) is 0.793. The second-order valence-electron chi connectivity index (χ2n) is 3.52. The lowest BCUT2D eigenvalue weighted by molar-refractivity contribution is -0.137. The zero-order valence-corrected chi connectivity index (χ0v) is 8.42. The summed E-state index contributed by atoms with van der Waals surface area (Å²) in [6, 6.07) is 0. The van der Waals surface area contributed by atoms with Crippen LogP contribution in [0, 0.1) is 5.41 Å². The molecule has 0 aliphatic rings. The Hall–Kier alpha value is -0.900. The van der Waals surface area contributed by atoms with Gasteiger partial charge in [0.1, 0.15) is 5.78 Å². The molecular weight excluding hydrogens is 170 g/mol. The van der Waals surface area contributed by atoms with Crippen LogP contribution in [0.15, 0.2) is 0 Å². The van der Waals surface area contributed by atoms with Gasteiger partial charge in [-0.05, 0) is 6.42 Å². The third-order valence-corrected chi connectivity index (χ3v) is 2.22. The zero-order valence-electron chi connectivity index (χ0n) is 8.42. The van der Waals surface area contributed by atoms with Crippen LogP contribution in [-0.4, -0.2) is 18.8 Å². The Morgan fingerprint density at radius 3 is 2.62 bits per heavy atom. The summed E-state index contributed by atoms with van der Waals surface area (Å²) in [5.41, 5.74) is 2.10. The van der Waals surface area contributed by atoms with E-state index in [1.54, 1.807) is 0 Å². The highest BCUT2D eigenvalue weighted by Crippen LogP contribution is 2.21. The van der Waals surface area contributed by atoms with E-state index in [-0.39, 0.29) is 11.2 Å². The smallest absolute Gasteiger partial charge is 0.312 e. The van der Waals surface area contributed by atoms with Crippen LogP contribution in [0.5, 0.6) is 0 Å². The molecule has 0 rings (SSSR count). The second kappa shape index (κ2) is 5.70. The molecule has 0 saturated heterocycles. The number of nitrogens with one attached hydrogen (secondary N) is 1. The summed E-state index contributed by atoms with van der Waals surface area (Å²) in [6.45, 7) is 6.48. The Kier molecular flexibility index (Phi) is 5.30. The third-order valence-electron chi connectivity index (χ3n) is 2.22. The van der Waals surface area contributed by atoms with Crippen LogP contribution >= 0.6 is 0 Å². The first-order valence-corrected chi connectivity index (χ1v) is 4.40. The van der Waals surface area contributed by atoms with Crippen LogP contribution in [0.2, 0.25) is 0 Å². The quantitative estimate of drug-likeness (QED) is 0.368. The van der Waals surface area contributed by atoms with Gasteiger partial charge in [-0.15, -0.1) is 0 Å². The molecule has 4 heteroatoms. The van der Waals surface area contributed by atoms with E-state index in [0.717, 1.165) is 6.42 Å². The molecule has 13 heavy (non-hydrogen) atoms.